The van der Waals surface area contributed by atoms with Gasteiger partial charge in [-0.15, -0.1) is 0 Å². The molecule has 4 heteroatoms. The number of halogens is 2. The molecular weight excluding hydrogens is 275 g/mol. The molecule has 15 heavy (non-hydrogen) atoms. The minimum Gasteiger partial charge on any atom is -0.386 e. The first kappa shape index (κ1) is 9.67. The number of hydrogen-bond acceptors (Lipinski definition) is 2. The number of hydrogen-bond donors (Lipinski definition) is 1. The van der Waals surface area contributed by atoms with Gasteiger partial charge in [0.2, 0.25) is 0 Å². The van der Waals surface area contributed by atoms with Crippen molar-refractivity contribution < 1.29 is 0 Å². The molecular formula is C11H10BrClN2. The molecule has 1 heterocycles. The molecule has 0 saturated heterocycles. The Morgan fingerprint density at radius 1 is 1.40 bits per heavy atom. The van der Waals surface area contributed by atoms with Gasteiger partial charge in [0.25, 0.3) is 0 Å². The molecule has 1 aromatic rings. The first-order valence-electron chi connectivity index (χ1n) is 4.98. The molecule has 2 aliphatic rings. The molecule has 0 amide bonds. The third-order valence-electron chi connectivity index (χ3n) is 3.49. The van der Waals surface area contributed by atoms with E-state index in [-0.39, 0.29) is 5.41 Å². The van der Waals surface area contributed by atoms with E-state index in [4.69, 9.17) is 17.3 Å². The Balaban J connectivity index is 2.22. The van der Waals surface area contributed by atoms with E-state index in [1.807, 2.05) is 12.1 Å². The lowest BCUT2D eigenvalue weighted by atomic mass is 9.64. The summed E-state index contributed by atoms with van der Waals surface area (Å²) in [4.78, 5) is 4.44. The maximum atomic E-state index is 6.11. The quantitative estimate of drug-likeness (QED) is 0.778. The lowest BCUT2D eigenvalue weighted by molar-refractivity contribution is 0.344. The number of amidine groups is 1. The molecule has 3 rings (SSSR count). The smallest absolute Gasteiger partial charge is 0.110 e. The average Bonchev–Trinajstić information content (AvgIpc) is 2.37. The predicted molar refractivity (Wildman–Crippen MR) is 66.0 cm³/mol. The van der Waals surface area contributed by atoms with Crippen LogP contribution in [0.15, 0.2) is 21.6 Å². The summed E-state index contributed by atoms with van der Waals surface area (Å²) in [6, 6.07) is 3.96. The highest BCUT2D eigenvalue weighted by Crippen LogP contribution is 2.52. The topological polar surface area (TPSA) is 38.4 Å². The highest BCUT2D eigenvalue weighted by Gasteiger charge is 2.47. The normalized spacial score (nSPS) is 21.1. The zero-order chi connectivity index (χ0) is 10.6. The van der Waals surface area contributed by atoms with Crippen molar-refractivity contribution in [2.24, 2.45) is 10.7 Å². The van der Waals surface area contributed by atoms with Crippen molar-refractivity contribution >= 4 is 39.1 Å². The first-order valence-corrected chi connectivity index (χ1v) is 6.15. The van der Waals surface area contributed by atoms with Gasteiger partial charge in [0.05, 0.1) is 16.1 Å². The summed E-state index contributed by atoms with van der Waals surface area (Å²) in [5, 5.41) is 0.741. The number of rotatable bonds is 0. The second-order valence-electron chi connectivity index (χ2n) is 4.22. The van der Waals surface area contributed by atoms with Gasteiger partial charge in [-0.3, -0.25) is 0 Å². The molecule has 1 spiro atoms. The van der Waals surface area contributed by atoms with Crippen LogP contribution in [0.25, 0.3) is 0 Å². The van der Waals surface area contributed by atoms with Gasteiger partial charge >= 0.3 is 0 Å². The first-order chi connectivity index (χ1) is 7.13. The van der Waals surface area contributed by atoms with Crippen molar-refractivity contribution in [1.29, 1.82) is 0 Å². The fraction of sp³-hybridized carbons (Fsp3) is 0.364. The monoisotopic (exact) mass is 284 g/mol. The molecule has 0 bridgehead atoms. The third kappa shape index (κ3) is 1.14. The highest BCUT2D eigenvalue weighted by atomic mass is 79.9. The van der Waals surface area contributed by atoms with Gasteiger partial charge in [-0.1, -0.05) is 18.0 Å². The average molecular weight is 286 g/mol. The van der Waals surface area contributed by atoms with E-state index < -0.39 is 0 Å². The van der Waals surface area contributed by atoms with E-state index in [0.29, 0.717) is 0 Å². The molecule has 2 nitrogen and oxygen atoms in total. The summed E-state index contributed by atoms with van der Waals surface area (Å²) >= 11 is 9.51. The van der Waals surface area contributed by atoms with Crippen molar-refractivity contribution in [3.05, 3.63) is 27.2 Å². The number of benzene rings is 1. The third-order valence-corrected chi connectivity index (χ3v) is 4.69. The van der Waals surface area contributed by atoms with Crippen LogP contribution in [0.3, 0.4) is 0 Å². The van der Waals surface area contributed by atoms with Crippen LogP contribution >= 0.6 is 27.5 Å². The summed E-state index contributed by atoms with van der Waals surface area (Å²) in [6.07, 6.45) is 3.43. The Morgan fingerprint density at radius 3 is 2.73 bits per heavy atom. The van der Waals surface area contributed by atoms with E-state index in [9.17, 15) is 0 Å². The van der Waals surface area contributed by atoms with Crippen molar-refractivity contribution in [2.45, 2.75) is 24.7 Å². The van der Waals surface area contributed by atoms with Gasteiger partial charge in [0.15, 0.2) is 0 Å². The molecule has 1 aliphatic heterocycles. The Morgan fingerprint density at radius 2 is 2.13 bits per heavy atom. The van der Waals surface area contributed by atoms with Gasteiger partial charge in [-0.05, 0) is 46.5 Å². The van der Waals surface area contributed by atoms with Crippen LogP contribution in [-0.2, 0) is 5.41 Å². The second-order valence-corrected chi connectivity index (χ2v) is 5.48. The summed E-state index contributed by atoms with van der Waals surface area (Å²) in [5.74, 6) is 0.762. The number of nitrogens with two attached hydrogens (primary N) is 1. The minimum absolute atomic E-state index is 0.0136. The molecule has 2 N–H and O–H groups in total. The molecule has 1 aliphatic carbocycles. The lowest BCUT2D eigenvalue weighted by Crippen LogP contribution is -2.44. The van der Waals surface area contributed by atoms with E-state index in [0.717, 1.165) is 33.9 Å². The fourth-order valence-corrected chi connectivity index (χ4v) is 2.94. The lowest BCUT2D eigenvalue weighted by Gasteiger charge is -2.38. The molecule has 1 aromatic carbocycles. The van der Waals surface area contributed by atoms with Crippen LogP contribution in [0.1, 0.15) is 24.8 Å². The summed E-state index contributed by atoms with van der Waals surface area (Å²) in [7, 11) is 0. The van der Waals surface area contributed by atoms with Gasteiger partial charge in [0.1, 0.15) is 5.84 Å². The maximum absolute atomic E-state index is 6.11. The Hall–Kier alpha value is -0.540. The minimum atomic E-state index is 0.0136. The van der Waals surface area contributed by atoms with Gasteiger partial charge in [-0.2, -0.15) is 0 Å². The fourth-order valence-electron chi connectivity index (χ4n) is 2.44. The summed E-state index contributed by atoms with van der Waals surface area (Å²) in [6.45, 7) is 0. The highest BCUT2D eigenvalue weighted by molar-refractivity contribution is 9.10. The molecule has 0 atom stereocenters. The SMILES string of the molecule is NC1=Nc2cc(Br)c(Cl)cc2C12CCC2. The van der Waals surface area contributed by atoms with E-state index in [1.165, 1.54) is 12.0 Å². The van der Waals surface area contributed by atoms with Crippen LogP contribution in [-0.4, -0.2) is 5.84 Å². The standard InChI is InChI=1S/C11H10BrClN2/c12-7-5-9-6(4-8(7)13)11(2-1-3-11)10(14)15-9/h4-5H,1-3H2,(H2,14,15). The van der Waals surface area contributed by atoms with Crippen LogP contribution in [0.4, 0.5) is 5.69 Å². The van der Waals surface area contributed by atoms with Gasteiger partial charge in [0, 0.05) is 4.47 Å². The molecule has 1 fully saturated rings. The molecule has 78 valence electrons. The Kier molecular flexibility index (Phi) is 1.92. The van der Waals surface area contributed by atoms with Crippen LogP contribution in [0.5, 0.6) is 0 Å². The Labute approximate surface area is 102 Å². The van der Waals surface area contributed by atoms with Crippen molar-refractivity contribution in [1.82, 2.24) is 0 Å². The maximum Gasteiger partial charge on any atom is 0.110 e. The van der Waals surface area contributed by atoms with E-state index in [2.05, 4.69) is 20.9 Å². The zero-order valence-corrected chi connectivity index (χ0v) is 10.4. The van der Waals surface area contributed by atoms with Crippen LogP contribution in [0.2, 0.25) is 5.02 Å². The zero-order valence-electron chi connectivity index (χ0n) is 8.06. The van der Waals surface area contributed by atoms with Crippen LogP contribution < -0.4 is 5.73 Å². The van der Waals surface area contributed by atoms with Gasteiger partial charge < -0.3 is 5.73 Å². The number of fused-ring (bicyclic) bond motifs is 2. The number of aliphatic imine (C=N–C) groups is 1. The van der Waals surface area contributed by atoms with E-state index in [1.54, 1.807) is 0 Å². The molecule has 0 radical (unpaired) electrons. The largest absolute Gasteiger partial charge is 0.386 e. The predicted octanol–water partition coefficient (Wildman–Crippen LogP) is 3.53. The Bertz CT molecular complexity index is 478. The molecule has 1 saturated carbocycles. The van der Waals surface area contributed by atoms with E-state index >= 15 is 0 Å². The number of nitrogens with zero attached hydrogens (tertiary/aromatic N) is 1. The molecule has 0 aromatic heterocycles. The summed E-state index contributed by atoms with van der Waals surface area (Å²) in [5.41, 5.74) is 8.21. The molecule has 0 unspecified atom stereocenters. The second kappa shape index (κ2) is 2.98. The van der Waals surface area contributed by atoms with Crippen LogP contribution in [0, 0.1) is 0 Å². The van der Waals surface area contributed by atoms with Crippen molar-refractivity contribution in [2.75, 3.05) is 0 Å². The van der Waals surface area contributed by atoms with Crippen molar-refractivity contribution in [3.8, 4) is 0 Å². The van der Waals surface area contributed by atoms with Crippen molar-refractivity contribution in [3.63, 3.8) is 0 Å². The summed E-state index contributed by atoms with van der Waals surface area (Å²) < 4.78 is 0.885. The van der Waals surface area contributed by atoms with Gasteiger partial charge in [-0.25, -0.2) is 4.99 Å².